The molecule has 3 amide bonds. The van der Waals surface area contributed by atoms with E-state index in [1.807, 2.05) is 0 Å². The van der Waals surface area contributed by atoms with E-state index >= 15 is 0 Å². The van der Waals surface area contributed by atoms with E-state index in [1.165, 1.54) is 25.3 Å². The number of hydrogen-bond acceptors (Lipinski definition) is 3. The number of carbonyl (C=O) groups is 2. The molecule has 1 heterocycles. The van der Waals surface area contributed by atoms with E-state index in [4.69, 9.17) is 4.74 Å². The fourth-order valence-electron chi connectivity index (χ4n) is 2.11. The minimum atomic E-state index is -1.08. The van der Waals surface area contributed by atoms with Gasteiger partial charge in [-0.15, -0.1) is 0 Å². The molecule has 2 rings (SSSR count). The molecule has 1 aromatic rings. The van der Waals surface area contributed by atoms with E-state index in [0.29, 0.717) is 10.0 Å². The fraction of sp³-hybridized carbons (Fsp3) is 0.385. The zero-order valence-corrected chi connectivity index (χ0v) is 12.7. The summed E-state index contributed by atoms with van der Waals surface area (Å²) in [6.07, 6.45) is 0. The third kappa shape index (κ3) is 2.69. The molecule has 1 atom stereocenters. The molecule has 0 bridgehead atoms. The van der Waals surface area contributed by atoms with Gasteiger partial charge in [-0.1, -0.05) is 15.9 Å². The first-order valence-corrected chi connectivity index (χ1v) is 6.73. The molecule has 1 saturated heterocycles. The topological polar surface area (TPSA) is 58.6 Å². The van der Waals surface area contributed by atoms with Crippen LogP contribution in [0.2, 0.25) is 0 Å². The molecule has 1 fully saturated rings. The largest absolute Gasteiger partial charge is 0.382 e. The molecule has 0 radical (unpaired) electrons. The quantitative estimate of drug-likeness (QED) is 0.850. The third-order valence-electron chi connectivity index (χ3n) is 3.11. The minimum Gasteiger partial charge on any atom is -0.382 e. The Bertz CT molecular complexity index is 567. The van der Waals surface area contributed by atoms with Crippen molar-refractivity contribution in [1.82, 2.24) is 10.2 Å². The van der Waals surface area contributed by atoms with Gasteiger partial charge in [-0.2, -0.15) is 0 Å². The summed E-state index contributed by atoms with van der Waals surface area (Å²) in [7, 11) is 1.45. The Hall–Kier alpha value is -1.47. The highest BCUT2D eigenvalue weighted by molar-refractivity contribution is 9.10. The Morgan fingerprint density at radius 2 is 2.15 bits per heavy atom. The summed E-state index contributed by atoms with van der Waals surface area (Å²) in [5.74, 6) is -0.810. The second kappa shape index (κ2) is 5.49. The number of ether oxygens (including phenoxy) is 1. The van der Waals surface area contributed by atoms with Gasteiger partial charge in [0.2, 0.25) is 0 Å². The fourth-order valence-corrected chi connectivity index (χ4v) is 2.48. The van der Waals surface area contributed by atoms with Gasteiger partial charge >= 0.3 is 6.03 Å². The number of hydrogen-bond donors (Lipinski definition) is 1. The van der Waals surface area contributed by atoms with Gasteiger partial charge in [-0.3, -0.25) is 9.69 Å². The minimum absolute atomic E-state index is 0.00230. The lowest BCUT2D eigenvalue weighted by atomic mass is 10.0. The lowest BCUT2D eigenvalue weighted by Gasteiger charge is -2.20. The summed E-state index contributed by atoms with van der Waals surface area (Å²) < 4.78 is 18.8. The van der Waals surface area contributed by atoms with E-state index in [0.717, 1.165) is 4.90 Å². The normalized spacial score (nSPS) is 22.3. The number of rotatable bonds is 4. The third-order valence-corrected chi connectivity index (χ3v) is 3.89. The molecular formula is C13H14BrFN2O3. The number of halogens is 2. The number of nitrogens with one attached hydrogen (secondary N) is 1. The Morgan fingerprint density at radius 3 is 2.80 bits per heavy atom. The van der Waals surface area contributed by atoms with E-state index in [1.54, 1.807) is 6.92 Å². The number of methoxy groups -OCH3 is 1. The van der Waals surface area contributed by atoms with Crippen molar-refractivity contribution in [2.24, 2.45) is 0 Å². The highest BCUT2D eigenvalue weighted by atomic mass is 79.9. The SMILES string of the molecule is COCC1(C)NC(=O)N(Cc2cc(F)ccc2Br)C1=O. The molecule has 20 heavy (non-hydrogen) atoms. The number of nitrogens with zero attached hydrogens (tertiary/aromatic N) is 1. The monoisotopic (exact) mass is 344 g/mol. The Morgan fingerprint density at radius 1 is 1.45 bits per heavy atom. The van der Waals surface area contributed by atoms with Crippen LogP contribution < -0.4 is 5.32 Å². The Labute approximate surface area is 124 Å². The molecule has 1 aliphatic rings. The Kier molecular flexibility index (Phi) is 4.10. The van der Waals surface area contributed by atoms with Crippen molar-refractivity contribution >= 4 is 27.9 Å². The van der Waals surface area contributed by atoms with Crippen molar-refractivity contribution in [2.45, 2.75) is 19.0 Å². The van der Waals surface area contributed by atoms with E-state index in [2.05, 4.69) is 21.2 Å². The first kappa shape index (κ1) is 14.9. The van der Waals surface area contributed by atoms with Crippen molar-refractivity contribution in [3.63, 3.8) is 0 Å². The first-order valence-electron chi connectivity index (χ1n) is 5.94. The average molecular weight is 345 g/mol. The van der Waals surface area contributed by atoms with Crippen molar-refractivity contribution in [2.75, 3.05) is 13.7 Å². The van der Waals surface area contributed by atoms with Gasteiger partial charge in [0, 0.05) is 11.6 Å². The molecule has 0 aromatic heterocycles. The van der Waals surface area contributed by atoms with Crippen LogP contribution in [0.25, 0.3) is 0 Å². The van der Waals surface area contributed by atoms with Crippen LogP contribution in [0.5, 0.6) is 0 Å². The number of amides is 3. The summed E-state index contributed by atoms with van der Waals surface area (Å²) in [5.41, 5.74) is -0.554. The summed E-state index contributed by atoms with van der Waals surface area (Å²) in [4.78, 5) is 25.2. The van der Waals surface area contributed by atoms with Gasteiger partial charge in [0.25, 0.3) is 5.91 Å². The molecule has 1 N–H and O–H groups in total. The summed E-state index contributed by atoms with van der Waals surface area (Å²) >= 11 is 3.28. The van der Waals surface area contributed by atoms with Gasteiger partial charge in [-0.25, -0.2) is 9.18 Å². The highest BCUT2D eigenvalue weighted by Gasteiger charge is 2.47. The van der Waals surface area contributed by atoms with Crippen LogP contribution in [-0.4, -0.2) is 36.1 Å². The van der Waals surface area contributed by atoms with E-state index < -0.39 is 17.4 Å². The van der Waals surface area contributed by atoms with Crippen LogP contribution in [0.4, 0.5) is 9.18 Å². The van der Waals surface area contributed by atoms with Crippen LogP contribution in [-0.2, 0) is 16.1 Å². The van der Waals surface area contributed by atoms with E-state index in [9.17, 15) is 14.0 Å². The zero-order chi connectivity index (χ0) is 14.9. The molecule has 5 nitrogen and oxygen atoms in total. The number of urea groups is 1. The van der Waals surface area contributed by atoms with Crippen LogP contribution in [0.15, 0.2) is 22.7 Å². The lowest BCUT2D eigenvalue weighted by molar-refractivity contribution is -0.132. The molecule has 108 valence electrons. The number of benzene rings is 1. The number of carbonyl (C=O) groups excluding carboxylic acids is 2. The maximum atomic E-state index is 13.2. The Balaban J connectivity index is 2.23. The molecule has 1 aromatic carbocycles. The van der Waals surface area contributed by atoms with Crippen LogP contribution in [0.1, 0.15) is 12.5 Å². The first-order chi connectivity index (χ1) is 9.37. The smallest absolute Gasteiger partial charge is 0.325 e. The average Bonchev–Trinajstić information content (AvgIpc) is 2.58. The maximum Gasteiger partial charge on any atom is 0.325 e. The molecule has 0 saturated carbocycles. The van der Waals surface area contributed by atoms with Gasteiger partial charge in [-0.05, 0) is 30.7 Å². The highest BCUT2D eigenvalue weighted by Crippen LogP contribution is 2.24. The van der Waals surface area contributed by atoms with Crippen molar-refractivity contribution in [1.29, 1.82) is 0 Å². The summed E-state index contributed by atoms with van der Waals surface area (Å²) in [6.45, 7) is 1.68. The van der Waals surface area contributed by atoms with Gasteiger partial charge < -0.3 is 10.1 Å². The molecule has 7 heteroatoms. The van der Waals surface area contributed by atoms with Crippen molar-refractivity contribution in [3.8, 4) is 0 Å². The summed E-state index contributed by atoms with van der Waals surface area (Å²) in [5, 5.41) is 2.59. The zero-order valence-electron chi connectivity index (χ0n) is 11.1. The van der Waals surface area contributed by atoms with Crippen LogP contribution >= 0.6 is 15.9 Å². The van der Waals surface area contributed by atoms with Gasteiger partial charge in [0.1, 0.15) is 11.4 Å². The lowest BCUT2D eigenvalue weighted by Crippen LogP contribution is -2.47. The molecule has 1 aliphatic heterocycles. The standard InChI is InChI=1S/C13H14BrFN2O3/c1-13(7-20-2)11(18)17(12(19)16-13)6-8-5-9(15)3-4-10(8)14/h3-5H,6-7H2,1-2H3,(H,16,19). The predicted octanol–water partition coefficient (Wildman–Crippen LogP) is 2.05. The second-order valence-corrected chi connectivity index (χ2v) is 5.68. The second-order valence-electron chi connectivity index (χ2n) is 4.82. The van der Waals surface area contributed by atoms with Crippen LogP contribution in [0, 0.1) is 5.82 Å². The van der Waals surface area contributed by atoms with Gasteiger partial charge in [0.15, 0.2) is 0 Å². The van der Waals surface area contributed by atoms with Crippen LogP contribution in [0.3, 0.4) is 0 Å². The summed E-state index contributed by atoms with van der Waals surface area (Å²) in [6, 6.07) is 3.62. The molecule has 1 unspecified atom stereocenters. The number of imide groups is 1. The van der Waals surface area contributed by atoms with Gasteiger partial charge in [0.05, 0.1) is 13.2 Å². The molecule has 0 spiro atoms. The predicted molar refractivity (Wildman–Crippen MR) is 73.5 cm³/mol. The maximum absolute atomic E-state index is 13.2. The molecular weight excluding hydrogens is 331 g/mol. The van der Waals surface area contributed by atoms with Crippen molar-refractivity contribution < 1.29 is 18.7 Å². The molecule has 0 aliphatic carbocycles. The van der Waals surface area contributed by atoms with Crippen molar-refractivity contribution in [3.05, 3.63) is 34.1 Å². The van der Waals surface area contributed by atoms with E-state index in [-0.39, 0.29) is 19.1 Å².